The quantitative estimate of drug-likeness (QED) is 0.290. The molecule has 0 atom stereocenters. The van der Waals surface area contributed by atoms with Crippen LogP contribution in [0.15, 0.2) is 66.3 Å². The van der Waals surface area contributed by atoms with Gasteiger partial charge in [0.25, 0.3) is 6.43 Å². The van der Waals surface area contributed by atoms with E-state index in [1.54, 1.807) is 18.5 Å². The van der Waals surface area contributed by atoms with E-state index in [9.17, 15) is 8.78 Å². The van der Waals surface area contributed by atoms with Crippen LogP contribution in [0.25, 0.3) is 33.7 Å². The fourth-order valence-corrected chi connectivity index (χ4v) is 4.60. The first-order valence-corrected chi connectivity index (χ1v) is 11.4. The van der Waals surface area contributed by atoms with Crippen molar-refractivity contribution in [3.05, 3.63) is 77.4 Å². The fourth-order valence-electron chi connectivity index (χ4n) is 3.87. The van der Waals surface area contributed by atoms with Crippen LogP contribution in [0.3, 0.4) is 0 Å². The summed E-state index contributed by atoms with van der Waals surface area (Å²) in [5.74, 6) is 0.681. The number of halogens is 2. The lowest BCUT2D eigenvalue weighted by atomic mass is 10.1. The number of hydrogen-bond acceptors (Lipinski definition) is 5. The second-order valence-electron chi connectivity index (χ2n) is 7.66. The maximum atomic E-state index is 13.2. The predicted octanol–water partition coefficient (Wildman–Crippen LogP) is 7.23. The van der Waals surface area contributed by atoms with Crippen LogP contribution in [0.1, 0.15) is 24.5 Å². The first-order chi connectivity index (χ1) is 16.0. The van der Waals surface area contributed by atoms with Crippen molar-refractivity contribution in [3.8, 4) is 22.6 Å². The van der Waals surface area contributed by atoms with Crippen molar-refractivity contribution in [2.24, 2.45) is 0 Å². The number of nitrogens with zero attached hydrogens (tertiary/aromatic N) is 4. The SMILES string of the molecule is CCn1c(-c2cccc(C(F)F)c2)nc2cc(Nc3nc(-c4ccncc4)cs3)c(C)cc21. The summed E-state index contributed by atoms with van der Waals surface area (Å²) in [4.78, 5) is 13.5. The van der Waals surface area contributed by atoms with E-state index in [0.29, 0.717) is 17.9 Å². The molecule has 0 radical (unpaired) electrons. The zero-order valence-corrected chi connectivity index (χ0v) is 18.9. The van der Waals surface area contributed by atoms with Gasteiger partial charge in [0.2, 0.25) is 0 Å². The van der Waals surface area contributed by atoms with Crippen molar-refractivity contribution in [2.45, 2.75) is 26.8 Å². The lowest BCUT2D eigenvalue weighted by molar-refractivity contribution is 0.151. The monoisotopic (exact) mass is 461 g/mol. The zero-order chi connectivity index (χ0) is 22.9. The van der Waals surface area contributed by atoms with Crippen LogP contribution in [-0.2, 0) is 6.54 Å². The molecule has 5 aromatic rings. The number of nitrogens with one attached hydrogen (secondary N) is 1. The van der Waals surface area contributed by atoms with Crippen LogP contribution in [0.2, 0.25) is 0 Å². The number of pyridine rings is 1. The molecule has 3 aromatic heterocycles. The number of fused-ring (bicyclic) bond motifs is 1. The number of rotatable bonds is 6. The number of imidazole rings is 1. The summed E-state index contributed by atoms with van der Waals surface area (Å²) in [5, 5.41) is 6.20. The molecular weight excluding hydrogens is 440 g/mol. The molecule has 1 N–H and O–H groups in total. The third kappa shape index (κ3) is 4.09. The van der Waals surface area contributed by atoms with Crippen molar-refractivity contribution < 1.29 is 8.78 Å². The van der Waals surface area contributed by atoms with Gasteiger partial charge in [0.05, 0.1) is 16.7 Å². The Hall–Kier alpha value is -3.65. The maximum absolute atomic E-state index is 13.2. The Balaban J connectivity index is 1.52. The van der Waals surface area contributed by atoms with E-state index in [0.717, 1.165) is 38.7 Å². The van der Waals surface area contributed by atoms with Crippen molar-refractivity contribution in [2.75, 3.05) is 5.32 Å². The summed E-state index contributed by atoms with van der Waals surface area (Å²) >= 11 is 1.53. The third-order valence-electron chi connectivity index (χ3n) is 5.53. The second kappa shape index (κ2) is 8.71. The zero-order valence-electron chi connectivity index (χ0n) is 18.1. The van der Waals surface area contributed by atoms with E-state index >= 15 is 0 Å². The lowest BCUT2D eigenvalue weighted by Crippen LogP contribution is -1.99. The van der Waals surface area contributed by atoms with Crippen LogP contribution < -0.4 is 5.32 Å². The van der Waals surface area contributed by atoms with Crippen molar-refractivity contribution in [3.63, 3.8) is 0 Å². The molecule has 5 nitrogen and oxygen atoms in total. The Morgan fingerprint density at radius 3 is 2.61 bits per heavy atom. The Labute approximate surface area is 193 Å². The molecule has 33 heavy (non-hydrogen) atoms. The molecule has 5 rings (SSSR count). The highest BCUT2D eigenvalue weighted by molar-refractivity contribution is 7.14. The summed E-state index contributed by atoms with van der Waals surface area (Å²) in [6.07, 6.45) is 0.981. The summed E-state index contributed by atoms with van der Waals surface area (Å²) < 4.78 is 28.5. The molecule has 0 aliphatic heterocycles. The molecule has 2 aromatic carbocycles. The van der Waals surface area contributed by atoms with Crippen LogP contribution in [0, 0.1) is 6.92 Å². The Morgan fingerprint density at radius 1 is 1.03 bits per heavy atom. The minimum Gasteiger partial charge on any atom is -0.331 e. The van der Waals surface area contributed by atoms with Gasteiger partial charge >= 0.3 is 0 Å². The van der Waals surface area contributed by atoms with E-state index in [1.165, 1.54) is 23.5 Å². The number of anilines is 2. The van der Waals surface area contributed by atoms with E-state index in [-0.39, 0.29) is 5.56 Å². The maximum Gasteiger partial charge on any atom is 0.263 e. The molecule has 0 aliphatic carbocycles. The molecule has 0 fully saturated rings. The smallest absolute Gasteiger partial charge is 0.263 e. The average Bonchev–Trinajstić information content (AvgIpc) is 3.44. The molecule has 3 heterocycles. The van der Waals surface area contributed by atoms with Gasteiger partial charge in [-0.15, -0.1) is 11.3 Å². The number of alkyl halides is 2. The van der Waals surface area contributed by atoms with Crippen LogP contribution in [0.4, 0.5) is 19.6 Å². The van der Waals surface area contributed by atoms with E-state index in [4.69, 9.17) is 9.97 Å². The number of benzene rings is 2. The van der Waals surface area contributed by atoms with Gasteiger partial charge in [-0.3, -0.25) is 4.98 Å². The molecule has 0 saturated carbocycles. The van der Waals surface area contributed by atoms with Crippen molar-refractivity contribution >= 4 is 33.2 Å². The molecule has 0 bridgehead atoms. The largest absolute Gasteiger partial charge is 0.331 e. The second-order valence-corrected chi connectivity index (χ2v) is 8.52. The third-order valence-corrected chi connectivity index (χ3v) is 6.29. The minimum atomic E-state index is -2.52. The highest BCUT2D eigenvalue weighted by Gasteiger charge is 2.16. The van der Waals surface area contributed by atoms with Gasteiger partial charge in [-0.1, -0.05) is 18.2 Å². The summed E-state index contributed by atoms with van der Waals surface area (Å²) in [5.41, 5.74) is 6.30. The molecular formula is C25H21F2N5S. The highest BCUT2D eigenvalue weighted by Crippen LogP contribution is 2.33. The van der Waals surface area contributed by atoms with Gasteiger partial charge in [0.15, 0.2) is 5.13 Å². The number of thiazole rings is 1. The summed E-state index contributed by atoms with van der Waals surface area (Å²) in [7, 11) is 0. The Bertz CT molecular complexity index is 1430. The number of aryl methyl sites for hydroxylation is 2. The summed E-state index contributed by atoms with van der Waals surface area (Å²) in [6.45, 7) is 4.74. The standard InChI is InChI=1S/C25H21F2N5S/c1-3-32-22-11-15(2)19(30-25-31-21(14-33-25)16-7-9-28-10-8-16)13-20(22)29-24(32)18-6-4-5-17(12-18)23(26)27/h4-14,23H,3H2,1-2H3,(H,30,31). The van der Waals surface area contributed by atoms with Crippen LogP contribution in [-0.4, -0.2) is 19.5 Å². The van der Waals surface area contributed by atoms with Gasteiger partial charge in [-0.05, 0) is 49.7 Å². The van der Waals surface area contributed by atoms with Gasteiger partial charge < -0.3 is 9.88 Å². The van der Waals surface area contributed by atoms with Gasteiger partial charge in [-0.25, -0.2) is 18.7 Å². The van der Waals surface area contributed by atoms with E-state index < -0.39 is 6.43 Å². The molecule has 166 valence electrons. The average molecular weight is 462 g/mol. The molecule has 0 unspecified atom stereocenters. The van der Waals surface area contributed by atoms with Crippen LogP contribution >= 0.6 is 11.3 Å². The molecule has 8 heteroatoms. The topological polar surface area (TPSA) is 55.6 Å². The Kier molecular flexibility index (Phi) is 5.60. The first-order valence-electron chi connectivity index (χ1n) is 10.6. The van der Waals surface area contributed by atoms with Crippen molar-refractivity contribution in [1.29, 1.82) is 0 Å². The Morgan fingerprint density at radius 2 is 1.85 bits per heavy atom. The predicted molar refractivity (Wildman–Crippen MR) is 129 cm³/mol. The highest BCUT2D eigenvalue weighted by atomic mass is 32.1. The number of hydrogen-bond donors (Lipinski definition) is 1. The van der Waals surface area contributed by atoms with E-state index in [2.05, 4.69) is 20.9 Å². The fraction of sp³-hybridized carbons (Fsp3) is 0.160. The summed E-state index contributed by atoms with van der Waals surface area (Å²) in [6, 6.07) is 14.3. The molecule has 0 spiro atoms. The van der Waals surface area contributed by atoms with Gasteiger partial charge in [0.1, 0.15) is 5.82 Å². The van der Waals surface area contributed by atoms with Gasteiger partial charge in [-0.2, -0.15) is 0 Å². The molecule has 0 aliphatic rings. The van der Waals surface area contributed by atoms with E-state index in [1.807, 2.05) is 43.5 Å². The minimum absolute atomic E-state index is 0.00508. The molecule has 0 amide bonds. The lowest BCUT2D eigenvalue weighted by Gasteiger charge is -2.09. The number of aromatic nitrogens is 4. The molecule has 0 saturated heterocycles. The van der Waals surface area contributed by atoms with Crippen molar-refractivity contribution in [1.82, 2.24) is 19.5 Å². The first kappa shape index (κ1) is 21.2. The normalized spacial score (nSPS) is 11.4. The van der Waals surface area contributed by atoms with Gasteiger partial charge in [0, 0.05) is 46.7 Å². The van der Waals surface area contributed by atoms with Crippen LogP contribution in [0.5, 0.6) is 0 Å².